The van der Waals surface area contributed by atoms with E-state index in [0.717, 1.165) is 11.1 Å². The van der Waals surface area contributed by atoms with Crippen LogP contribution in [0.5, 0.6) is 0 Å². The van der Waals surface area contributed by atoms with Crippen molar-refractivity contribution in [3.63, 3.8) is 0 Å². The van der Waals surface area contributed by atoms with E-state index >= 15 is 0 Å². The Kier molecular flexibility index (Phi) is 4.88. The molecule has 0 aliphatic heterocycles. The minimum absolute atomic E-state index is 0.100. The van der Waals surface area contributed by atoms with Gasteiger partial charge < -0.3 is 9.26 Å². The first-order chi connectivity index (χ1) is 14.0. The van der Waals surface area contributed by atoms with Crippen LogP contribution in [-0.2, 0) is 11.3 Å². The van der Waals surface area contributed by atoms with Gasteiger partial charge in [-0.05, 0) is 33.8 Å². The Hall–Kier alpha value is -3.48. The molecule has 7 heteroatoms. The summed E-state index contributed by atoms with van der Waals surface area (Å²) in [6, 6.07) is 11.6. The first-order valence-corrected chi connectivity index (χ1v) is 9.48. The molecule has 0 amide bonds. The minimum Gasteiger partial charge on any atom is -0.457 e. The van der Waals surface area contributed by atoms with Gasteiger partial charge in [0.05, 0.1) is 34.1 Å². The lowest BCUT2D eigenvalue weighted by Gasteiger charge is -2.11. The van der Waals surface area contributed by atoms with Crippen molar-refractivity contribution >= 4 is 17.0 Å². The van der Waals surface area contributed by atoms with Gasteiger partial charge in [-0.15, -0.1) is 0 Å². The third kappa shape index (κ3) is 3.51. The van der Waals surface area contributed by atoms with Crippen LogP contribution in [0.25, 0.3) is 22.3 Å². The van der Waals surface area contributed by atoms with E-state index in [9.17, 15) is 4.79 Å². The first kappa shape index (κ1) is 18.9. The number of nitrogens with zero attached hydrogens (tertiary/aromatic N) is 4. The fourth-order valence-electron chi connectivity index (χ4n) is 3.25. The highest BCUT2D eigenvalue weighted by Crippen LogP contribution is 2.27. The van der Waals surface area contributed by atoms with Crippen molar-refractivity contribution < 1.29 is 14.1 Å². The molecule has 0 bridgehead atoms. The molecule has 3 heterocycles. The number of carbonyl (C=O) groups is 1. The second-order valence-corrected chi connectivity index (χ2v) is 7.22. The largest absolute Gasteiger partial charge is 0.457 e. The van der Waals surface area contributed by atoms with Gasteiger partial charge >= 0.3 is 5.97 Å². The number of hydrogen-bond acceptors (Lipinski definition) is 6. The van der Waals surface area contributed by atoms with Crippen molar-refractivity contribution in [3.05, 3.63) is 65.2 Å². The van der Waals surface area contributed by atoms with Crippen molar-refractivity contribution in [1.29, 1.82) is 0 Å². The summed E-state index contributed by atoms with van der Waals surface area (Å²) < 4.78 is 12.6. The monoisotopic (exact) mass is 390 g/mol. The number of aryl methyl sites for hydroxylation is 2. The SMILES string of the molecule is Cc1noc(C)c1COC(=O)c1cc(-c2ccccc2)nc2c1cnn2C(C)C. The van der Waals surface area contributed by atoms with Crippen molar-refractivity contribution in [1.82, 2.24) is 19.9 Å². The molecule has 0 radical (unpaired) electrons. The average molecular weight is 390 g/mol. The van der Waals surface area contributed by atoms with E-state index in [1.54, 1.807) is 19.2 Å². The van der Waals surface area contributed by atoms with Crippen LogP contribution in [0.2, 0.25) is 0 Å². The third-order valence-corrected chi connectivity index (χ3v) is 4.87. The predicted octanol–water partition coefficient (Wildman–Crippen LogP) is 4.64. The van der Waals surface area contributed by atoms with Crippen LogP contribution in [0.4, 0.5) is 0 Å². The molecule has 4 rings (SSSR count). The zero-order chi connectivity index (χ0) is 20.5. The maximum absolute atomic E-state index is 13.0. The molecular formula is C22H22N4O3. The van der Waals surface area contributed by atoms with Crippen LogP contribution in [0.3, 0.4) is 0 Å². The van der Waals surface area contributed by atoms with Gasteiger partial charge in [-0.2, -0.15) is 5.10 Å². The zero-order valence-electron chi connectivity index (χ0n) is 16.8. The highest BCUT2D eigenvalue weighted by atomic mass is 16.5. The summed E-state index contributed by atoms with van der Waals surface area (Å²) in [6.07, 6.45) is 1.67. The summed E-state index contributed by atoms with van der Waals surface area (Å²) in [5.41, 5.74) is 4.21. The maximum atomic E-state index is 13.0. The molecule has 0 spiro atoms. The van der Waals surface area contributed by atoms with Crippen LogP contribution in [0, 0.1) is 13.8 Å². The summed E-state index contributed by atoms with van der Waals surface area (Å²) in [5, 5.41) is 9.00. The number of esters is 1. The Bertz CT molecular complexity index is 1160. The lowest BCUT2D eigenvalue weighted by atomic mass is 10.1. The van der Waals surface area contributed by atoms with Crippen molar-refractivity contribution in [2.24, 2.45) is 0 Å². The summed E-state index contributed by atoms with van der Waals surface area (Å²) in [7, 11) is 0. The Morgan fingerprint density at radius 2 is 1.97 bits per heavy atom. The fourth-order valence-corrected chi connectivity index (χ4v) is 3.25. The van der Waals surface area contributed by atoms with E-state index in [2.05, 4.69) is 10.3 Å². The van der Waals surface area contributed by atoms with Gasteiger partial charge in [-0.25, -0.2) is 14.5 Å². The molecule has 0 fully saturated rings. The van der Waals surface area contributed by atoms with E-state index < -0.39 is 5.97 Å². The van der Waals surface area contributed by atoms with Crippen LogP contribution >= 0.6 is 0 Å². The summed E-state index contributed by atoms with van der Waals surface area (Å²) >= 11 is 0. The number of aromatic nitrogens is 4. The maximum Gasteiger partial charge on any atom is 0.339 e. The minimum atomic E-state index is -0.433. The smallest absolute Gasteiger partial charge is 0.339 e. The van der Waals surface area contributed by atoms with Gasteiger partial charge in [0.25, 0.3) is 0 Å². The van der Waals surface area contributed by atoms with Crippen LogP contribution in [-0.4, -0.2) is 25.9 Å². The van der Waals surface area contributed by atoms with E-state index in [0.29, 0.717) is 33.7 Å². The van der Waals surface area contributed by atoms with Crippen molar-refractivity contribution in [2.75, 3.05) is 0 Å². The molecule has 0 saturated heterocycles. The standard InChI is InChI=1S/C22H22N4O3/c1-13(2)26-21-18(11-23-26)17(10-20(24-21)16-8-6-5-7-9-16)22(27)28-12-19-14(3)25-29-15(19)4/h5-11,13H,12H2,1-4H3. The number of ether oxygens (including phenoxy) is 1. The molecule has 0 aliphatic rings. The lowest BCUT2D eigenvalue weighted by molar-refractivity contribution is 0.0473. The molecule has 0 unspecified atom stereocenters. The lowest BCUT2D eigenvalue weighted by Crippen LogP contribution is -2.09. The number of carbonyl (C=O) groups excluding carboxylic acids is 1. The molecule has 0 aliphatic carbocycles. The van der Waals surface area contributed by atoms with Gasteiger partial charge in [0.1, 0.15) is 12.4 Å². The molecule has 3 aromatic heterocycles. The van der Waals surface area contributed by atoms with E-state index in [1.165, 1.54) is 0 Å². The van der Waals surface area contributed by atoms with Crippen LogP contribution in [0.1, 0.15) is 47.3 Å². The van der Waals surface area contributed by atoms with E-state index in [1.807, 2.05) is 55.8 Å². The van der Waals surface area contributed by atoms with Gasteiger partial charge in [-0.3, -0.25) is 0 Å². The topological polar surface area (TPSA) is 83.0 Å². The summed E-state index contributed by atoms with van der Waals surface area (Å²) in [6.45, 7) is 7.78. The Morgan fingerprint density at radius 3 is 2.62 bits per heavy atom. The third-order valence-electron chi connectivity index (χ3n) is 4.87. The highest BCUT2D eigenvalue weighted by molar-refractivity contribution is 6.03. The normalized spacial score (nSPS) is 11.3. The molecular weight excluding hydrogens is 368 g/mol. The van der Waals surface area contributed by atoms with Gasteiger partial charge in [-0.1, -0.05) is 35.5 Å². The summed E-state index contributed by atoms with van der Waals surface area (Å²) in [5.74, 6) is 0.214. The van der Waals surface area contributed by atoms with Crippen LogP contribution < -0.4 is 0 Å². The number of benzene rings is 1. The van der Waals surface area contributed by atoms with Crippen molar-refractivity contribution in [2.45, 2.75) is 40.3 Å². The second kappa shape index (κ2) is 7.50. The van der Waals surface area contributed by atoms with E-state index in [4.69, 9.17) is 14.2 Å². The molecule has 0 atom stereocenters. The molecule has 29 heavy (non-hydrogen) atoms. The predicted molar refractivity (Wildman–Crippen MR) is 108 cm³/mol. The molecule has 0 N–H and O–H groups in total. The fraction of sp³-hybridized carbons (Fsp3) is 0.273. The second-order valence-electron chi connectivity index (χ2n) is 7.22. The molecule has 1 aromatic carbocycles. The zero-order valence-corrected chi connectivity index (χ0v) is 16.8. The van der Waals surface area contributed by atoms with Crippen LogP contribution in [0.15, 0.2) is 47.1 Å². The number of fused-ring (bicyclic) bond motifs is 1. The highest BCUT2D eigenvalue weighted by Gasteiger charge is 2.20. The van der Waals surface area contributed by atoms with Gasteiger partial charge in [0.15, 0.2) is 5.65 Å². The quantitative estimate of drug-likeness (QED) is 0.462. The molecule has 0 saturated carbocycles. The Balaban J connectivity index is 1.77. The van der Waals surface area contributed by atoms with Gasteiger partial charge in [0.2, 0.25) is 0 Å². The number of pyridine rings is 1. The van der Waals surface area contributed by atoms with Crippen molar-refractivity contribution in [3.8, 4) is 11.3 Å². The number of rotatable bonds is 5. The molecule has 7 nitrogen and oxygen atoms in total. The molecule has 4 aromatic rings. The van der Waals surface area contributed by atoms with E-state index in [-0.39, 0.29) is 12.6 Å². The first-order valence-electron chi connectivity index (χ1n) is 9.48. The average Bonchev–Trinajstić information content (AvgIpc) is 3.29. The Morgan fingerprint density at radius 1 is 1.21 bits per heavy atom. The number of hydrogen-bond donors (Lipinski definition) is 0. The summed E-state index contributed by atoms with van der Waals surface area (Å²) in [4.78, 5) is 17.8. The Labute approximate surface area is 168 Å². The molecule has 148 valence electrons. The van der Waals surface area contributed by atoms with Gasteiger partial charge in [0, 0.05) is 11.6 Å².